The lowest BCUT2D eigenvalue weighted by Crippen LogP contribution is -2.17. The van der Waals surface area contributed by atoms with Crippen molar-refractivity contribution in [2.75, 3.05) is 11.9 Å². The van der Waals surface area contributed by atoms with Gasteiger partial charge in [0.2, 0.25) is 0 Å². The van der Waals surface area contributed by atoms with Gasteiger partial charge in [-0.25, -0.2) is 4.98 Å². The number of aromatic nitrogens is 2. The first-order chi connectivity index (χ1) is 12.0. The first-order valence-corrected chi connectivity index (χ1v) is 8.63. The van der Waals surface area contributed by atoms with Crippen molar-refractivity contribution < 1.29 is 9.53 Å². The highest BCUT2D eigenvalue weighted by atomic mass is 35.5. The SMILES string of the molecule is CCOc1cccn2c(C(=O)Nc3ccc(Cl)cc3C)c(CC)nc12. The summed E-state index contributed by atoms with van der Waals surface area (Å²) < 4.78 is 7.41. The van der Waals surface area contributed by atoms with E-state index in [1.54, 1.807) is 16.5 Å². The molecule has 3 aromatic rings. The summed E-state index contributed by atoms with van der Waals surface area (Å²) in [4.78, 5) is 17.5. The summed E-state index contributed by atoms with van der Waals surface area (Å²) in [6, 6.07) is 9.09. The highest BCUT2D eigenvalue weighted by molar-refractivity contribution is 6.30. The number of hydrogen-bond donors (Lipinski definition) is 1. The molecule has 0 bridgehead atoms. The molecule has 3 rings (SSSR count). The number of anilines is 1. The lowest BCUT2D eigenvalue weighted by Gasteiger charge is -2.10. The van der Waals surface area contributed by atoms with E-state index in [1.807, 2.05) is 45.2 Å². The van der Waals surface area contributed by atoms with E-state index < -0.39 is 0 Å². The minimum absolute atomic E-state index is 0.205. The smallest absolute Gasteiger partial charge is 0.274 e. The number of ether oxygens (including phenoxy) is 1. The summed E-state index contributed by atoms with van der Waals surface area (Å²) in [5.74, 6) is 0.463. The van der Waals surface area contributed by atoms with Gasteiger partial charge in [-0.3, -0.25) is 9.20 Å². The van der Waals surface area contributed by atoms with Crippen molar-refractivity contribution in [2.45, 2.75) is 27.2 Å². The molecule has 0 aliphatic heterocycles. The zero-order valence-electron chi connectivity index (χ0n) is 14.5. The molecule has 2 aromatic heterocycles. The van der Waals surface area contributed by atoms with Crippen LogP contribution in [0.1, 0.15) is 35.6 Å². The Hall–Kier alpha value is -2.53. The van der Waals surface area contributed by atoms with Gasteiger partial charge in [-0.15, -0.1) is 0 Å². The summed E-state index contributed by atoms with van der Waals surface area (Å²) in [7, 11) is 0. The van der Waals surface area contributed by atoms with Crippen LogP contribution >= 0.6 is 11.6 Å². The molecule has 0 saturated heterocycles. The molecule has 5 nitrogen and oxygen atoms in total. The zero-order valence-corrected chi connectivity index (χ0v) is 15.2. The lowest BCUT2D eigenvalue weighted by atomic mass is 10.2. The Labute approximate surface area is 151 Å². The minimum atomic E-state index is -0.205. The van der Waals surface area contributed by atoms with E-state index in [0.29, 0.717) is 35.1 Å². The molecule has 1 aromatic carbocycles. The number of carbonyl (C=O) groups excluding carboxylic acids is 1. The number of halogens is 1. The van der Waals surface area contributed by atoms with E-state index in [2.05, 4.69) is 10.3 Å². The van der Waals surface area contributed by atoms with Crippen LogP contribution in [0.25, 0.3) is 5.65 Å². The molecule has 0 spiro atoms. The van der Waals surface area contributed by atoms with E-state index in [4.69, 9.17) is 16.3 Å². The standard InChI is InChI=1S/C19H20ClN3O2/c1-4-14-17(19(24)22-15-9-8-13(20)11-12(15)3)23-10-6-7-16(25-5-2)18(23)21-14/h6-11H,4-5H2,1-3H3,(H,22,24). The highest BCUT2D eigenvalue weighted by Crippen LogP contribution is 2.25. The predicted molar refractivity (Wildman–Crippen MR) is 99.9 cm³/mol. The van der Waals surface area contributed by atoms with Gasteiger partial charge in [-0.2, -0.15) is 0 Å². The van der Waals surface area contributed by atoms with Crippen LogP contribution in [-0.2, 0) is 6.42 Å². The van der Waals surface area contributed by atoms with Crippen molar-refractivity contribution >= 4 is 28.8 Å². The first kappa shape index (κ1) is 17.3. The van der Waals surface area contributed by atoms with Gasteiger partial charge in [-0.1, -0.05) is 18.5 Å². The monoisotopic (exact) mass is 357 g/mol. The van der Waals surface area contributed by atoms with Crippen molar-refractivity contribution in [1.29, 1.82) is 0 Å². The van der Waals surface area contributed by atoms with Crippen molar-refractivity contribution in [1.82, 2.24) is 9.38 Å². The summed E-state index contributed by atoms with van der Waals surface area (Å²) in [5, 5.41) is 3.60. The molecule has 0 fully saturated rings. The molecule has 2 heterocycles. The van der Waals surface area contributed by atoms with Gasteiger partial charge in [0.1, 0.15) is 5.69 Å². The molecule has 25 heavy (non-hydrogen) atoms. The Balaban J connectivity index is 2.04. The van der Waals surface area contributed by atoms with Crippen molar-refractivity contribution in [3.63, 3.8) is 0 Å². The molecule has 0 radical (unpaired) electrons. The quantitative estimate of drug-likeness (QED) is 0.731. The number of nitrogens with one attached hydrogen (secondary N) is 1. The van der Waals surface area contributed by atoms with Crippen LogP contribution in [-0.4, -0.2) is 21.9 Å². The van der Waals surface area contributed by atoms with Crippen LogP contribution in [0.4, 0.5) is 5.69 Å². The maximum absolute atomic E-state index is 12.9. The Bertz CT molecular complexity index is 934. The number of hydrogen-bond acceptors (Lipinski definition) is 3. The summed E-state index contributed by atoms with van der Waals surface area (Å²) in [6.07, 6.45) is 2.48. The number of nitrogens with zero attached hydrogens (tertiary/aromatic N) is 2. The van der Waals surface area contributed by atoms with Gasteiger partial charge in [0.25, 0.3) is 5.91 Å². The second-order valence-electron chi connectivity index (χ2n) is 5.67. The number of pyridine rings is 1. The lowest BCUT2D eigenvalue weighted by molar-refractivity contribution is 0.102. The van der Waals surface area contributed by atoms with E-state index in [0.717, 1.165) is 16.9 Å². The van der Waals surface area contributed by atoms with E-state index in [9.17, 15) is 4.79 Å². The largest absolute Gasteiger partial charge is 0.490 e. The maximum atomic E-state index is 12.9. The molecular weight excluding hydrogens is 338 g/mol. The van der Waals surface area contributed by atoms with Crippen LogP contribution in [0.5, 0.6) is 5.75 Å². The van der Waals surface area contributed by atoms with Crippen LogP contribution < -0.4 is 10.1 Å². The van der Waals surface area contributed by atoms with Crippen LogP contribution in [0.15, 0.2) is 36.5 Å². The number of carbonyl (C=O) groups is 1. The number of rotatable bonds is 5. The van der Waals surface area contributed by atoms with Crippen LogP contribution in [0.3, 0.4) is 0 Å². The molecule has 0 unspecified atom stereocenters. The third-order valence-electron chi connectivity index (χ3n) is 3.97. The number of imidazole rings is 1. The minimum Gasteiger partial charge on any atom is -0.490 e. The molecule has 130 valence electrons. The van der Waals surface area contributed by atoms with Gasteiger partial charge in [-0.05, 0) is 56.2 Å². The molecule has 1 amide bonds. The molecule has 1 N–H and O–H groups in total. The molecule has 0 aliphatic rings. The van der Waals surface area contributed by atoms with E-state index >= 15 is 0 Å². The topological polar surface area (TPSA) is 55.6 Å². The first-order valence-electron chi connectivity index (χ1n) is 8.25. The van der Waals surface area contributed by atoms with Crippen molar-refractivity contribution in [3.05, 3.63) is 58.5 Å². The Morgan fingerprint density at radius 2 is 2.12 bits per heavy atom. The second kappa shape index (κ2) is 7.15. The van der Waals surface area contributed by atoms with Gasteiger partial charge < -0.3 is 10.1 Å². The normalized spacial score (nSPS) is 10.9. The average Bonchev–Trinajstić information content (AvgIpc) is 2.97. The number of fused-ring (bicyclic) bond motifs is 1. The Morgan fingerprint density at radius 3 is 2.80 bits per heavy atom. The summed E-state index contributed by atoms with van der Waals surface area (Å²) in [6.45, 7) is 6.35. The third kappa shape index (κ3) is 3.33. The van der Waals surface area contributed by atoms with Crippen molar-refractivity contribution in [3.8, 4) is 5.75 Å². The number of benzene rings is 1. The fourth-order valence-electron chi connectivity index (χ4n) is 2.79. The van der Waals surface area contributed by atoms with E-state index in [1.165, 1.54) is 0 Å². The molecule has 0 atom stereocenters. The Kier molecular flexibility index (Phi) is 4.95. The highest BCUT2D eigenvalue weighted by Gasteiger charge is 2.20. The predicted octanol–water partition coefficient (Wildman–Crippen LogP) is 4.51. The van der Waals surface area contributed by atoms with Crippen LogP contribution in [0, 0.1) is 6.92 Å². The zero-order chi connectivity index (χ0) is 18.0. The van der Waals surface area contributed by atoms with Crippen molar-refractivity contribution in [2.24, 2.45) is 0 Å². The maximum Gasteiger partial charge on any atom is 0.274 e. The summed E-state index contributed by atoms with van der Waals surface area (Å²) >= 11 is 5.99. The Morgan fingerprint density at radius 1 is 1.32 bits per heavy atom. The van der Waals surface area contributed by atoms with Gasteiger partial charge in [0, 0.05) is 16.9 Å². The summed E-state index contributed by atoms with van der Waals surface area (Å²) in [5.41, 5.74) is 3.54. The van der Waals surface area contributed by atoms with E-state index in [-0.39, 0.29) is 5.91 Å². The molecule has 0 aliphatic carbocycles. The molecule has 0 saturated carbocycles. The fourth-order valence-corrected chi connectivity index (χ4v) is 3.02. The number of amides is 1. The van der Waals surface area contributed by atoms with Gasteiger partial charge in [0.15, 0.2) is 11.4 Å². The second-order valence-corrected chi connectivity index (χ2v) is 6.11. The number of aryl methyl sites for hydroxylation is 2. The van der Waals surface area contributed by atoms with Gasteiger partial charge in [0.05, 0.1) is 12.3 Å². The molecular formula is C19H20ClN3O2. The molecule has 6 heteroatoms. The third-order valence-corrected chi connectivity index (χ3v) is 4.21. The average molecular weight is 358 g/mol. The van der Waals surface area contributed by atoms with Crippen LogP contribution in [0.2, 0.25) is 5.02 Å². The fraction of sp³-hybridized carbons (Fsp3) is 0.263. The van der Waals surface area contributed by atoms with Gasteiger partial charge >= 0.3 is 0 Å².